The maximum absolute atomic E-state index is 13.7. The number of fused-ring (bicyclic) bond motifs is 1. The number of nitrogens with zero attached hydrogens (tertiary/aromatic N) is 3. The summed E-state index contributed by atoms with van der Waals surface area (Å²) < 4.78 is 13.7. The zero-order valence-electron chi connectivity index (χ0n) is 9.34. The number of benzene rings is 1. The van der Waals surface area contributed by atoms with Crippen molar-refractivity contribution in [3.8, 4) is 11.3 Å². The summed E-state index contributed by atoms with van der Waals surface area (Å²) in [5, 5.41) is 9.40. The molecule has 0 fully saturated rings. The highest BCUT2D eigenvalue weighted by atomic mass is 19.1. The van der Waals surface area contributed by atoms with Gasteiger partial charge >= 0.3 is 0 Å². The average Bonchev–Trinajstić information content (AvgIpc) is 2.41. The van der Waals surface area contributed by atoms with E-state index in [1.54, 1.807) is 6.07 Å². The topological polar surface area (TPSA) is 64.7 Å². The van der Waals surface area contributed by atoms with Crippen LogP contribution < -0.4 is 5.73 Å². The molecule has 0 aliphatic rings. The average molecular weight is 240 g/mol. The SMILES string of the molecule is Nc1nnc(-c2ccncc2F)c2ccccc12. The summed E-state index contributed by atoms with van der Waals surface area (Å²) >= 11 is 0. The Kier molecular flexibility index (Phi) is 2.37. The highest BCUT2D eigenvalue weighted by Crippen LogP contribution is 2.29. The van der Waals surface area contributed by atoms with Gasteiger partial charge in [-0.3, -0.25) is 4.98 Å². The molecule has 2 N–H and O–H groups in total. The van der Waals surface area contributed by atoms with Gasteiger partial charge in [0.15, 0.2) is 11.6 Å². The van der Waals surface area contributed by atoms with Gasteiger partial charge in [0.25, 0.3) is 0 Å². The molecule has 5 heteroatoms. The smallest absolute Gasteiger partial charge is 0.154 e. The first kappa shape index (κ1) is 10.6. The highest BCUT2D eigenvalue weighted by molar-refractivity contribution is 5.99. The molecule has 0 bridgehead atoms. The Hall–Kier alpha value is -2.56. The summed E-state index contributed by atoms with van der Waals surface area (Å²) in [4.78, 5) is 3.72. The summed E-state index contributed by atoms with van der Waals surface area (Å²) in [5.41, 5.74) is 6.60. The molecule has 0 saturated carbocycles. The molecule has 0 aliphatic heterocycles. The Balaban J connectivity index is 2.38. The van der Waals surface area contributed by atoms with Crippen LogP contribution in [0.5, 0.6) is 0 Å². The van der Waals surface area contributed by atoms with Crippen LogP contribution in [0.3, 0.4) is 0 Å². The number of halogens is 1. The standard InChI is InChI=1S/C13H9FN4/c14-11-7-16-6-5-10(11)12-8-3-1-2-4-9(8)13(15)18-17-12/h1-7H,(H2,15,18). The summed E-state index contributed by atoms with van der Waals surface area (Å²) in [6.45, 7) is 0. The lowest BCUT2D eigenvalue weighted by molar-refractivity contribution is 0.624. The van der Waals surface area contributed by atoms with E-state index in [4.69, 9.17) is 5.73 Å². The largest absolute Gasteiger partial charge is 0.382 e. The second kappa shape index (κ2) is 4.03. The van der Waals surface area contributed by atoms with Crippen molar-refractivity contribution in [3.05, 3.63) is 48.5 Å². The minimum atomic E-state index is -0.429. The molecule has 3 rings (SSSR count). The quantitative estimate of drug-likeness (QED) is 0.709. The van der Waals surface area contributed by atoms with E-state index in [1.807, 2.05) is 24.3 Å². The molecule has 0 unspecified atom stereocenters. The van der Waals surface area contributed by atoms with Gasteiger partial charge in [0.1, 0.15) is 5.69 Å². The van der Waals surface area contributed by atoms with Crippen LogP contribution in [0.4, 0.5) is 10.2 Å². The number of nitrogen functional groups attached to an aromatic ring is 1. The highest BCUT2D eigenvalue weighted by Gasteiger charge is 2.12. The third-order valence-electron chi connectivity index (χ3n) is 2.74. The molecule has 0 saturated heterocycles. The van der Waals surface area contributed by atoms with E-state index >= 15 is 0 Å². The molecular formula is C13H9FN4. The molecule has 18 heavy (non-hydrogen) atoms. The first-order valence-corrected chi connectivity index (χ1v) is 5.38. The third kappa shape index (κ3) is 1.57. The molecule has 3 aromatic rings. The van der Waals surface area contributed by atoms with E-state index in [0.29, 0.717) is 17.1 Å². The third-order valence-corrected chi connectivity index (χ3v) is 2.74. The lowest BCUT2D eigenvalue weighted by Crippen LogP contribution is -1.98. The lowest BCUT2D eigenvalue weighted by Gasteiger charge is -2.07. The van der Waals surface area contributed by atoms with Crippen LogP contribution in [0.1, 0.15) is 0 Å². The molecule has 2 aromatic heterocycles. The Labute approximate surface area is 102 Å². The number of pyridine rings is 1. The maximum Gasteiger partial charge on any atom is 0.154 e. The zero-order chi connectivity index (χ0) is 12.5. The van der Waals surface area contributed by atoms with Crippen molar-refractivity contribution in [2.24, 2.45) is 0 Å². The van der Waals surface area contributed by atoms with Gasteiger partial charge in [-0.15, -0.1) is 10.2 Å². The van der Waals surface area contributed by atoms with Crippen LogP contribution >= 0.6 is 0 Å². The van der Waals surface area contributed by atoms with E-state index in [1.165, 1.54) is 6.20 Å². The fourth-order valence-electron chi connectivity index (χ4n) is 1.89. The molecule has 0 radical (unpaired) electrons. The molecule has 88 valence electrons. The predicted molar refractivity (Wildman–Crippen MR) is 67.1 cm³/mol. The Morgan fingerprint density at radius 1 is 1.00 bits per heavy atom. The predicted octanol–water partition coefficient (Wildman–Crippen LogP) is 2.41. The number of anilines is 1. The van der Waals surface area contributed by atoms with Crippen LogP contribution in [0.2, 0.25) is 0 Å². The van der Waals surface area contributed by atoms with Crippen molar-refractivity contribution in [1.29, 1.82) is 0 Å². The Morgan fingerprint density at radius 3 is 2.56 bits per heavy atom. The van der Waals surface area contributed by atoms with Crippen LogP contribution in [-0.2, 0) is 0 Å². The number of hydrogen-bond donors (Lipinski definition) is 1. The van der Waals surface area contributed by atoms with Crippen LogP contribution in [-0.4, -0.2) is 15.2 Å². The van der Waals surface area contributed by atoms with Gasteiger partial charge in [0.2, 0.25) is 0 Å². The number of aromatic nitrogens is 3. The van der Waals surface area contributed by atoms with Crippen LogP contribution in [0, 0.1) is 5.82 Å². The van der Waals surface area contributed by atoms with Crippen LogP contribution in [0.15, 0.2) is 42.7 Å². The number of nitrogens with two attached hydrogens (primary N) is 1. The molecular weight excluding hydrogens is 231 g/mol. The van der Waals surface area contributed by atoms with Gasteiger partial charge in [-0.1, -0.05) is 24.3 Å². The van der Waals surface area contributed by atoms with Crippen molar-refractivity contribution in [2.45, 2.75) is 0 Å². The van der Waals surface area contributed by atoms with Crippen molar-refractivity contribution >= 4 is 16.6 Å². The van der Waals surface area contributed by atoms with Crippen LogP contribution in [0.25, 0.3) is 22.0 Å². The summed E-state index contributed by atoms with van der Waals surface area (Å²) in [6.07, 6.45) is 2.67. The van der Waals surface area contributed by atoms with Gasteiger partial charge < -0.3 is 5.73 Å². The second-order valence-electron chi connectivity index (χ2n) is 3.83. The molecule has 2 heterocycles. The van der Waals surface area contributed by atoms with Gasteiger partial charge in [0, 0.05) is 22.5 Å². The van der Waals surface area contributed by atoms with Crippen molar-refractivity contribution in [2.75, 3.05) is 5.73 Å². The normalized spacial score (nSPS) is 10.7. The maximum atomic E-state index is 13.7. The minimum Gasteiger partial charge on any atom is -0.382 e. The lowest BCUT2D eigenvalue weighted by atomic mass is 10.1. The molecule has 4 nitrogen and oxygen atoms in total. The monoisotopic (exact) mass is 240 g/mol. The first-order chi connectivity index (χ1) is 8.77. The van der Waals surface area contributed by atoms with Crippen molar-refractivity contribution in [1.82, 2.24) is 15.2 Å². The molecule has 0 amide bonds. The minimum absolute atomic E-state index is 0.337. The Morgan fingerprint density at radius 2 is 1.78 bits per heavy atom. The van der Waals surface area contributed by atoms with Gasteiger partial charge in [-0.2, -0.15) is 0 Å². The van der Waals surface area contributed by atoms with Gasteiger partial charge in [-0.05, 0) is 6.07 Å². The molecule has 0 spiro atoms. The van der Waals surface area contributed by atoms with Gasteiger partial charge in [-0.25, -0.2) is 4.39 Å². The second-order valence-corrected chi connectivity index (χ2v) is 3.83. The van der Waals surface area contributed by atoms with Crippen molar-refractivity contribution in [3.63, 3.8) is 0 Å². The van der Waals surface area contributed by atoms with Gasteiger partial charge in [0.05, 0.1) is 6.20 Å². The van der Waals surface area contributed by atoms with E-state index < -0.39 is 5.82 Å². The number of hydrogen-bond acceptors (Lipinski definition) is 4. The van der Waals surface area contributed by atoms with E-state index in [9.17, 15) is 4.39 Å². The summed E-state index contributed by atoms with van der Waals surface area (Å²) in [6, 6.07) is 8.96. The summed E-state index contributed by atoms with van der Waals surface area (Å²) in [7, 11) is 0. The molecule has 0 aliphatic carbocycles. The fraction of sp³-hybridized carbons (Fsp3) is 0. The zero-order valence-corrected chi connectivity index (χ0v) is 9.34. The van der Waals surface area contributed by atoms with E-state index in [0.717, 1.165) is 17.0 Å². The first-order valence-electron chi connectivity index (χ1n) is 5.38. The van der Waals surface area contributed by atoms with E-state index in [-0.39, 0.29) is 0 Å². The summed E-state index contributed by atoms with van der Waals surface area (Å²) in [5.74, 6) is -0.0921. The Bertz CT molecular complexity index is 727. The fourth-order valence-corrected chi connectivity index (χ4v) is 1.89. The van der Waals surface area contributed by atoms with E-state index in [2.05, 4.69) is 15.2 Å². The molecule has 0 atom stereocenters. The number of rotatable bonds is 1. The molecule has 1 aromatic carbocycles. The van der Waals surface area contributed by atoms with Crippen molar-refractivity contribution < 1.29 is 4.39 Å².